The fourth-order valence-corrected chi connectivity index (χ4v) is 5.03. The van der Waals surface area contributed by atoms with Crippen LogP contribution in [0.5, 0.6) is 0 Å². The summed E-state index contributed by atoms with van der Waals surface area (Å²) < 4.78 is 0. The number of hydrogen-bond donors (Lipinski definition) is 1. The Kier molecular flexibility index (Phi) is 6.92. The van der Waals surface area contributed by atoms with E-state index in [4.69, 9.17) is 0 Å². The summed E-state index contributed by atoms with van der Waals surface area (Å²) in [7, 11) is 2.07. The molecule has 1 fully saturated rings. The summed E-state index contributed by atoms with van der Waals surface area (Å²) in [4.78, 5) is 44.3. The SMILES string of the molecule is Cc1cccnc1CNc1cc2c(=O)c3cc(-c4ccc(C(=O)N5CCN(C)CC5)cc4)cnc3ccc2cn1. The number of pyridine rings is 3. The maximum Gasteiger partial charge on any atom is 0.253 e. The number of hydrogen-bond acceptors (Lipinski definition) is 7. The highest BCUT2D eigenvalue weighted by Gasteiger charge is 2.20. The Morgan fingerprint density at radius 2 is 1.68 bits per heavy atom. The molecule has 0 radical (unpaired) electrons. The third kappa shape index (κ3) is 5.13. The van der Waals surface area contributed by atoms with E-state index in [-0.39, 0.29) is 11.3 Å². The largest absolute Gasteiger partial charge is 0.364 e. The first-order valence-corrected chi connectivity index (χ1v) is 13.4. The summed E-state index contributed by atoms with van der Waals surface area (Å²) in [6.07, 6.45) is 5.24. The number of carbonyl (C=O) groups is 1. The van der Waals surface area contributed by atoms with Crippen molar-refractivity contribution in [2.24, 2.45) is 0 Å². The molecule has 1 amide bonds. The van der Waals surface area contributed by atoms with Crippen molar-refractivity contribution in [2.45, 2.75) is 13.5 Å². The molecule has 0 unspecified atom stereocenters. The lowest BCUT2D eigenvalue weighted by molar-refractivity contribution is 0.0664. The van der Waals surface area contributed by atoms with E-state index in [1.165, 1.54) is 0 Å². The van der Waals surface area contributed by atoms with Gasteiger partial charge in [-0.1, -0.05) is 24.3 Å². The molecular weight excluding hydrogens is 500 g/mol. The molecule has 1 N–H and O–H groups in total. The lowest BCUT2D eigenvalue weighted by atomic mass is 10.0. The van der Waals surface area contributed by atoms with E-state index >= 15 is 0 Å². The van der Waals surface area contributed by atoms with Crippen molar-refractivity contribution in [1.29, 1.82) is 0 Å². The molecule has 6 rings (SSSR count). The van der Waals surface area contributed by atoms with Gasteiger partial charge in [-0.25, -0.2) is 4.98 Å². The smallest absolute Gasteiger partial charge is 0.253 e. The molecule has 0 bridgehead atoms. The summed E-state index contributed by atoms with van der Waals surface area (Å²) in [5, 5.41) is 5.14. The second kappa shape index (κ2) is 10.8. The Bertz CT molecular complexity index is 1780. The standard InChI is InChI=1S/C32H30N6O2/c1-21-4-3-11-33-29(21)20-36-30-17-26-24(18-35-30)9-10-28-27(31(26)39)16-25(19-34-28)22-5-7-23(8-6-22)32(40)38-14-12-37(2)13-15-38/h3-11,16-19H,12-15,20H2,1-2H3,(H,35,36). The van der Waals surface area contributed by atoms with E-state index in [9.17, 15) is 9.59 Å². The first-order chi connectivity index (χ1) is 19.5. The minimum absolute atomic E-state index is 0.0489. The summed E-state index contributed by atoms with van der Waals surface area (Å²) in [6, 6.07) is 18.9. The van der Waals surface area contributed by atoms with Crippen LogP contribution in [0.25, 0.3) is 32.8 Å². The van der Waals surface area contributed by atoms with Crippen LogP contribution >= 0.6 is 0 Å². The molecule has 1 aliphatic heterocycles. The maximum atomic E-state index is 13.7. The number of amides is 1. The first-order valence-electron chi connectivity index (χ1n) is 13.4. The van der Waals surface area contributed by atoms with Gasteiger partial charge in [-0.05, 0) is 61.5 Å². The Morgan fingerprint density at radius 1 is 0.875 bits per heavy atom. The van der Waals surface area contributed by atoms with Gasteiger partial charge in [0, 0.05) is 72.1 Å². The molecule has 8 nitrogen and oxygen atoms in total. The maximum absolute atomic E-state index is 13.7. The summed E-state index contributed by atoms with van der Waals surface area (Å²) in [5.41, 5.74) is 4.91. The van der Waals surface area contributed by atoms with E-state index in [2.05, 4.69) is 32.2 Å². The normalized spacial score (nSPS) is 14.0. The molecule has 0 atom stereocenters. The van der Waals surface area contributed by atoms with Gasteiger partial charge in [0.1, 0.15) is 5.82 Å². The van der Waals surface area contributed by atoms with Crippen LogP contribution in [-0.2, 0) is 6.54 Å². The predicted octanol–water partition coefficient (Wildman–Crippen LogP) is 4.51. The van der Waals surface area contributed by atoms with Crippen molar-refractivity contribution in [3.05, 3.63) is 106 Å². The van der Waals surface area contributed by atoms with Crippen molar-refractivity contribution in [3.8, 4) is 11.1 Å². The molecule has 2 aromatic carbocycles. The Hall–Kier alpha value is -4.69. The molecule has 1 aliphatic rings. The number of fused-ring (bicyclic) bond motifs is 2. The van der Waals surface area contributed by atoms with Crippen LogP contribution in [0.2, 0.25) is 0 Å². The second-order valence-corrected chi connectivity index (χ2v) is 10.3. The number of aromatic nitrogens is 3. The first kappa shape index (κ1) is 25.6. The van der Waals surface area contributed by atoms with Gasteiger partial charge in [0.15, 0.2) is 5.43 Å². The van der Waals surface area contributed by atoms with E-state index in [1.54, 1.807) is 24.7 Å². The molecule has 5 aromatic rings. The number of benzene rings is 1. The van der Waals surface area contributed by atoms with Crippen LogP contribution < -0.4 is 10.7 Å². The van der Waals surface area contributed by atoms with Crippen molar-refractivity contribution in [1.82, 2.24) is 24.8 Å². The molecule has 4 heterocycles. The average molecular weight is 531 g/mol. The van der Waals surface area contributed by atoms with Crippen LogP contribution in [0.3, 0.4) is 0 Å². The molecule has 8 heteroatoms. The summed E-state index contributed by atoms with van der Waals surface area (Å²) in [5.74, 6) is 0.659. The van der Waals surface area contributed by atoms with Gasteiger partial charge < -0.3 is 15.1 Å². The van der Waals surface area contributed by atoms with Crippen molar-refractivity contribution < 1.29 is 4.79 Å². The number of nitrogens with one attached hydrogen (secondary N) is 1. The Morgan fingerprint density at radius 3 is 2.45 bits per heavy atom. The second-order valence-electron chi connectivity index (χ2n) is 10.3. The average Bonchev–Trinajstić information content (AvgIpc) is 3.12. The highest BCUT2D eigenvalue weighted by Crippen LogP contribution is 2.24. The number of carbonyl (C=O) groups excluding carboxylic acids is 1. The van der Waals surface area contributed by atoms with E-state index in [0.717, 1.165) is 53.9 Å². The molecule has 40 heavy (non-hydrogen) atoms. The minimum Gasteiger partial charge on any atom is -0.364 e. The zero-order valence-corrected chi connectivity index (χ0v) is 22.6. The topological polar surface area (TPSA) is 91.3 Å². The number of aryl methyl sites for hydroxylation is 1. The number of nitrogens with zero attached hydrogens (tertiary/aromatic N) is 5. The fraction of sp³-hybridized carbons (Fsp3) is 0.219. The van der Waals surface area contributed by atoms with Gasteiger partial charge in [-0.3, -0.25) is 19.6 Å². The fourth-order valence-electron chi connectivity index (χ4n) is 5.03. The van der Waals surface area contributed by atoms with Gasteiger partial charge in [-0.2, -0.15) is 0 Å². The Labute approximate surface area is 232 Å². The van der Waals surface area contributed by atoms with Gasteiger partial charge in [0.05, 0.1) is 17.8 Å². The van der Waals surface area contributed by atoms with Crippen molar-refractivity contribution in [3.63, 3.8) is 0 Å². The lowest BCUT2D eigenvalue weighted by Crippen LogP contribution is -2.47. The monoisotopic (exact) mass is 530 g/mol. The molecule has 0 aliphatic carbocycles. The molecular formula is C32H30N6O2. The summed E-state index contributed by atoms with van der Waals surface area (Å²) >= 11 is 0. The Balaban J connectivity index is 1.30. The quantitative estimate of drug-likeness (QED) is 0.357. The number of anilines is 1. The third-order valence-corrected chi connectivity index (χ3v) is 7.57. The van der Waals surface area contributed by atoms with Crippen LogP contribution in [0.4, 0.5) is 5.82 Å². The highest BCUT2D eigenvalue weighted by molar-refractivity contribution is 5.96. The number of rotatable bonds is 5. The van der Waals surface area contributed by atoms with Crippen LogP contribution in [0, 0.1) is 6.92 Å². The zero-order chi connectivity index (χ0) is 27.6. The zero-order valence-electron chi connectivity index (χ0n) is 22.6. The minimum atomic E-state index is -0.106. The van der Waals surface area contributed by atoms with Gasteiger partial charge >= 0.3 is 0 Å². The van der Waals surface area contributed by atoms with Gasteiger partial charge in [0.25, 0.3) is 5.91 Å². The molecule has 0 saturated carbocycles. The van der Waals surface area contributed by atoms with Crippen LogP contribution in [0.15, 0.2) is 84.0 Å². The number of piperazine rings is 1. The lowest BCUT2D eigenvalue weighted by Gasteiger charge is -2.32. The summed E-state index contributed by atoms with van der Waals surface area (Å²) in [6.45, 7) is 5.76. The van der Waals surface area contributed by atoms with Gasteiger partial charge in [-0.15, -0.1) is 0 Å². The molecule has 1 saturated heterocycles. The van der Waals surface area contributed by atoms with Crippen molar-refractivity contribution >= 4 is 33.4 Å². The van der Waals surface area contributed by atoms with Crippen LogP contribution in [-0.4, -0.2) is 63.9 Å². The van der Waals surface area contributed by atoms with E-state index < -0.39 is 0 Å². The predicted molar refractivity (Wildman–Crippen MR) is 158 cm³/mol. The molecule has 200 valence electrons. The third-order valence-electron chi connectivity index (χ3n) is 7.57. The van der Waals surface area contributed by atoms with Crippen LogP contribution in [0.1, 0.15) is 21.6 Å². The highest BCUT2D eigenvalue weighted by atomic mass is 16.2. The van der Waals surface area contributed by atoms with E-state index in [1.807, 2.05) is 66.4 Å². The number of likely N-dealkylation sites (N-methyl/N-ethyl adjacent to an activating group) is 1. The molecule has 0 spiro atoms. The van der Waals surface area contributed by atoms with Crippen molar-refractivity contribution in [2.75, 3.05) is 38.5 Å². The van der Waals surface area contributed by atoms with E-state index in [0.29, 0.717) is 34.2 Å². The molecule has 3 aromatic heterocycles. The van der Waals surface area contributed by atoms with Gasteiger partial charge in [0.2, 0.25) is 0 Å².